The molecule has 19 heavy (non-hydrogen) atoms. The van der Waals surface area contributed by atoms with Crippen LogP contribution in [-0.4, -0.2) is 18.1 Å². The molecule has 0 unspecified atom stereocenters. The second kappa shape index (κ2) is 5.45. The summed E-state index contributed by atoms with van der Waals surface area (Å²) in [5.41, 5.74) is -4.50. The van der Waals surface area contributed by atoms with E-state index >= 15 is 0 Å². The number of halogens is 6. The minimum atomic E-state index is -5.18. The number of nitrogens with zero attached hydrogens (tertiary/aromatic N) is 1. The zero-order valence-corrected chi connectivity index (χ0v) is 9.39. The van der Waals surface area contributed by atoms with Crippen molar-refractivity contribution < 1.29 is 35.9 Å². The monoisotopic (exact) mass is 287 g/mol. The Morgan fingerprint density at radius 3 is 2.42 bits per heavy atom. The molecule has 0 fully saturated rings. The van der Waals surface area contributed by atoms with Crippen molar-refractivity contribution in [1.29, 1.82) is 0 Å². The number of hydrogen-bond donors (Lipinski definition) is 0. The minimum absolute atomic E-state index is 0.283. The van der Waals surface area contributed by atoms with E-state index in [1.807, 2.05) is 0 Å². The lowest BCUT2D eigenvalue weighted by Crippen LogP contribution is -2.18. The predicted molar refractivity (Wildman–Crippen MR) is 49.9 cm³/mol. The second-order valence-electron chi connectivity index (χ2n) is 3.42. The Morgan fingerprint density at radius 1 is 1.42 bits per heavy atom. The molecule has 0 amide bonds. The minimum Gasteiger partial charge on any atom is -0.469 e. The Kier molecular flexibility index (Phi) is 4.38. The zero-order chi connectivity index (χ0) is 14.8. The molecule has 0 aliphatic carbocycles. The van der Waals surface area contributed by atoms with Crippen molar-refractivity contribution in [2.45, 2.75) is 19.0 Å². The number of carbonyl (C=O) groups excluding carboxylic acids is 1. The van der Waals surface area contributed by atoms with E-state index in [9.17, 15) is 31.1 Å². The highest BCUT2D eigenvalue weighted by atomic mass is 19.4. The molecule has 106 valence electrons. The van der Waals surface area contributed by atoms with Crippen molar-refractivity contribution in [3.63, 3.8) is 0 Å². The van der Waals surface area contributed by atoms with E-state index in [-0.39, 0.29) is 6.07 Å². The van der Waals surface area contributed by atoms with Gasteiger partial charge in [0.15, 0.2) is 0 Å². The number of esters is 1. The fourth-order valence-electron chi connectivity index (χ4n) is 1.44. The summed E-state index contributed by atoms with van der Waals surface area (Å²) in [7, 11) is 0.904. The van der Waals surface area contributed by atoms with Gasteiger partial charge < -0.3 is 4.74 Å². The summed E-state index contributed by atoms with van der Waals surface area (Å²) in [6.07, 6.45) is -9.79. The third kappa shape index (κ3) is 3.58. The van der Waals surface area contributed by atoms with Crippen molar-refractivity contribution in [1.82, 2.24) is 4.98 Å². The molecule has 0 saturated carbocycles. The molecule has 0 atom stereocenters. The number of carbonyl (C=O) groups is 1. The first kappa shape index (κ1) is 15.3. The van der Waals surface area contributed by atoms with Crippen LogP contribution >= 0.6 is 0 Å². The van der Waals surface area contributed by atoms with E-state index < -0.39 is 47.8 Å². The highest BCUT2D eigenvalue weighted by Gasteiger charge is 2.40. The molecule has 1 aromatic heterocycles. The quantitative estimate of drug-likeness (QED) is 0.487. The first-order chi connectivity index (χ1) is 8.66. The lowest BCUT2D eigenvalue weighted by atomic mass is 10.0. The molecule has 0 bridgehead atoms. The number of hydrogen-bond acceptors (Lipinski definition) is 3. The summed E-state index contributed by atoms with van der Waals surface area (Å²) >= 11 is 0. The van der Waals surface area contributed by atoms with E-state index in [2.05, 4.69) is 9.72 Å². The van der Waals surface area contributed by atoms with Gasteiger partial charge in [0, 0.05) is 0 Å². The molecule has 9 heteroatoms. The van der Waals surface area contributed by atoms with Crippen molar-refractivity contribution in [3.05, 3.63) is 28.8 Å². The van der Waals surface area contributed by atoms with Crippen LogP contribution in [0, 0.1) is 5.95 Å². The summed E-state index contributed by atoms with van der Waals surface area (Å²) in [4.78, 5) is 13.5. The van der Waals surface area contributed by atoms with Crippen LogP contribution in [-0.2, 0) is 22.1 Å². The van der Waals surface area contributed by atoms with Crippen LogP contribution in [0.25, 0.3) is 0 Å². The van der Waals surface area contributed by atoms with Gasteiger partial charge in [-0.2, -0.15) is 17.6 Å². The Balaban J connectivity index is 3.47. The molecule has 0 aromatic carbocycles. The standard InChI is InChI=1S/C10H7F6NO2/c1-19-6(18)3-4-2-5(11)17-8(9(12)13)7(4)10(14,15)16/h2,9H,3H2,1H3. The first-order valence-electron chi connectivity index (χ1n) is 4.78. The molecule has 0 N–H and O–H groups in total. The lowest BCUT2D eigenvalue weighted by Gasteiger charge is -2.15. The average molecular weight is 287 g/mol. The van der Waals surface area contributed by atoms with Gasteiger partial charge in [-0.05, 0) is 11.6 Å². The van der Waals surface area contributed by atoms with Gasteiger partial charge >= 0.3 is 12.1 Å². The van der Waals surface area contributed by atoms with Crippen LogP contribution in [0.5, 0.6) is 0 Å². The maximum atomic E-state index is 12.9. The molecule has 1 heterocycles. The number of methoxy groups -OCH3 is 1. The third-order valence-corrected chi connectivity index (χ3v) is 2.15. The fraction of sp³-hybridized carbons (Fsp3) is 0.400. The van der Waals surface area contributed by atoms with Gasteiger partial charge in [0.1, 0.15) is 5.69 Å². The number of pyridine rings is 1. The number of alkyl halides is 5. The average Bonchev–Trinajstić information content (AvgIpc) is 2.25. The van der Waals surface area contributed by atoms with Crippen LogP contribution in [0.4, 0.5) is 26.3 Å². The third-order valence-electron chi connectivity index (χ3n) is 2.15. The summed E-state index contributed by atoms with van der Waals surface area (Å²) in [5, 5.41) is 0. The summed E-state index contributed by atoms with van der Waals surface area (Å²) in [5.74, 6) is -2.64. The van der Waals surface area contributed by atoms with E-state index in [0.29, 0.717) is 0 Å². The van der Waals surface area contributed by atoms with Gasteiger partial charge in [0.2, 0.25) is 5.95 Å². The lowest BCUT2D eigenvalue weighted by molar-refractivity contribution is -0.142. The van der Waals surface area contributed by atoms with Gasteiger partial charge in [-0.15, -0.1) is 0 Å². The SMILES string of the molecule is COC(=O)Cc1cc(F)nc(C(F)F)c1C(F)(F)F. The maximum absolute atomic E-state index is 12.9. The largest absolute Gasteiger partial charge is 0.469 e. The first-order valence-corrected chi connectivity index (χ1v) is 4.78. The summed E-state index contributed by atoms with van der Waals surface area (Å²) in [6.45, 7) is 0. The Bertz CT molecular complexity index is 486. The zero-order valence-electron chi connectivity index (χ0n) is 9.39. The molecule has 1 aromatic rings. The number of rotatable bonds is 3. The predicted octanol–water partition coefficient (Wildman–Crippen LogP) is 2.89. The van der Waals surface area contributed by atoms with Crippen LogP contribution in [0.15, 0.2) is 6.07 Å². The van der Waals surface area contributed by atoms with Crippen LogP contribution in [0.2, 0.25) is 0 Å². The molecule has 3 nitrogen and oxygen atoms in total. The molecule has 0 saturated heterocycles. The normalized spacial score (nSPS) is 11.8. The highest BCUT2D eigenvalue weighted by Crippen LogP contribution is 2.38. The molecule has 1 rings (SSSR count). The summed E-state index contributed by atoms with van der Waals surface area (Å²) in [6, 6.07) is 0.283. The van der Waals surface area contributed by atoms with Gasteiger partial charge in [-0.3, -0.25) is 4.79 Å². The maximum Gasteiger partial charge on any atom is 0.418 e. The molecule has 0 spiro atoms. The van der Waals surface area contributed by atoms with Crippen molar-refractivity contribution >= 4 is 5.97 Å². The molecule has 0 aliphatic rings. The van der Waals surface area contributed by atoms with Crippen LogP contribution < -0.4 is 0 Å². The van der Waals surface area contributed by atoms with Gasteiger partial charge in [-0.1, -0.05) is 0 Å². The Morgan fingerprint density at radius 2 is 2.00 bits per heavy atom. The van der Waals surface area contributed by atoms with Gasteiger partial charge in [0.05, 0.1) is 19.1 Å². The summed E-state index contributed by atoms with van der Waals surface area (Å²) < 4.78 is 80.2. The van der Waals surface area contributed by atoms with E-state index in [4.69, 9.17) is 0 Å². The van der Waals surface area contributed by atoms with Gasteiger partial charge in [-0.25, -0.2) is 13.8 Å². The van der Waals surface area contributed by atoms with Crippen molar-refractivity contribution in [2.24, 2.45) is 0 Å². The Hall–Kier alpha value is -1.80. The molecular formula is C10H7F6NO2. The van der Waals surface area contributed by atoms with E-state index in [1.165, 1.54) is 0 Å². The molecular weight excluding hydrogens is 280 g/mol. The topological polar surface area (TPSA) is 39.2 Å². The van der Waals surface area contributed by atoms with E-state index in [1.54, 1.807) is 0 Å². The molecule has 0 aliphatic heterocycles. The molecule has 0 radical (unpaired) electrons. The van der Waals surface area contributed by atoms with Gasteiger partial charge in [0.25, 0.3) is 6.43 Å². The van der Waals surface area contributed by atoms with Crippen molar-refractivity contribution in [3.8, 4) is 0 Å². The smallest absolute Gasteiger partial charge is 0.418 e. The number of ether oxygens (including phenoxy) is 1. The van der Waals surface area contributed by atoms with E-state index in [0.717, 1.165) is 7.11 Å². The Labute approximate surface area is 103 Å². The second-order valence-corrected chi connectivity index (χ2v) is 3.42. The van der Waals surface area contributed by atoms with Crippen LogP contribution in [0.3, 0.4) is 0 Å². The van der Waals surface area contributed by atoms with Crippen molar-refractivity contribution in [2.75, 3.05) is 7.11 Å². The fourth-order valence-corrected chi connectivity index (χ4v) is 1.44. The van der Waals surface area contributed by atoms with Crippen LogP contribution in [0.1, 0.15) is 23.2 Å². The number of aromatic nitrogens is 1. The highest BCUT2D eigenvalue weighted by molar-refractivity contribution is 5.73.